The molecule has 0 atom stereocenters. The molecule has 2 amide bonds. The number of hydrogen-bond donors (Lipinski definition) is 1. The number of rotatable bonds is 8. The van der Waals surface area contributed by atoms with Gasteiger partial charge < -0.3 is 19.7 Å². The van der Waals surface area contributed by atoms with Gasteiger partial charge in [0.1, 0.15) is 11.5 Å². The molecular formula is C22H26N2O4. The van der Waals surface area contributed by atoms with Crippen LogP contribution >= 0.6 is 0 Å². The molecule has 1 aliphatic heterocycles. The first kappa shape index (κ1) is 19.7. The average Bonchev–Trinajstić information content (AvgIpc) is 3.26. The molecular weight excluding hydrogens is 356 g/mol. The summed E-state index contributed by atoms with van der Waals surface area (Å²) in [5, 5.41) is 2.77. The molecule has 28 heavy (non-hydrogen) atoms. The van der Waals surface area contributed by atoms with Crippen LogP contribution < -0.4 is 14.8 Å². The summed E-state index contributed by atoms with van der Waals surface area (Å²) < 4.78 is 11.0. The molecule has 148 valence electrons. The molecule has 0 aromatic heterocycles. The lowest BCUT2D eigenvalue weighted by molar-refractivity contribution is -0.118. The summed E-state index contributed by atoms with van der Waals surface area (Å²) in [6.07, 6.45) is 3.08. The van der Waals surface area contributed by atoms with Gasteiger partial charge in [0.05, 0.1) is 6.61 Å². The molecule has 0 spiro atoms. The van der Waals surface area contributed by atoms with Crippen LogP contribution in [0.1, 0.15) is 36.5 Å². The second-order valence-corrected chi connectivity index (χ2v) is 6.73. The van der Waals surface area contributed by atoms with E-state index in [0.717, 1.165) is 38.1 Å². The number of carbonyl (C=O) groups excluding carboxylic acids is 2. The van der Waals surface area contributed by atoms with Crippen LogP contribution in [0.25, 0.3) is 0 Å². The Kier molecular flexibility index (Phi) is 6.89. The third kappa shape index (κ3) is 5.49. The first-order valence-electron chi connectivity index (χ1n) is 9.70. The monoisotopic (exact) mass is 382 g/mol. The van der Waals surface area contributed by atoms with Crippen molar-refractivity contribution >= 4 is 17.5 Å². The van der Waals surface area contributed by atoms with Gasteiger partial charge in [0, 0.05) is 24.3 Å². The highest BCUT2D eigenvalue weighted by Gasteiger charge is 2.19. The second-order valence-electron chi connectivity index (χ2n) is 6.73. The molecule has 1 aliphatic rings. The third-order valence-electron chi connectivity index (χ3n) is 4.48. The normalized spacial score (nSPS) is 13.2. The first-order valence-corrected chi connectivity index (χ1v) is 9.70. The van der Waals surface area contributed by atoms with Crippen LogP contribution in [-0.2, 0) is 4.79 Å². The maximum atomic E-state index is 12.3. The number of nitrogens with one attached hydrogen (secondary N) is 1. The van der Waals surface area contributed by atoms with Crippen molar-refractivity contribution in [2.24, 2.45) is 0 Å². The fourth-order valence-corrected chi connectivity index (χ4v) is 3.00. The molecule has 1 N–H and O–H groups in total. The quantitative estimate of drug-likeness (QED) is 0.755. The van der Waals surface area contributed by atoms with Crippen molar-refractivity contribution in [3.8, 4) is 11.5 Å². The van der Waals surface area contributed by atoms with Gasteiger partial charge in [-0.05, 0) is 67.8 Å². The first-order chi connectivity index (χ1) is 13.7. The Balaban J connectivity index is 1.46. The molecule has 1 fully saturated rings. The van der Waals surface area contributed by atoms with E-state index in [2.05, 4.69) is 12.2 Å². The molecule has 1 saturated heterocycles. The number of ether oxygens (including phenoxy) is 2. The van der Waals surface area contributed by atoms with Crippen LogP contribution in [0.4, 0.5) is 5.69 Å². The Morgan fingerprint density at radius 1 is 0.929 bits per heavy atom. The number of nitrogens with zero attached hydrogens (tertiary/aromatic N) is 1. The summed E-state index contributed by atoms with van der Waals surface area (Å²) in [4.78, 5) is 26.3. The zero-order chi connectivity index (χ0) is 19.8. The number of carbonyl (C=O) groups is 2. The van der Waals surface area contributed by atoms with Crippen LogP contribution in [0, 0.1) is 0 Å². The minimum absolute atomic E-state index is 0.0464. The molecule has 0 radical (unpaired) electrons. The van der Waals surface area contributed by atoms with E-state index in [-0.39, 0.29) is 18.4 Å². The molecule has 0 saturated carbocycles. The fourth-order valence-electron chi connectivity index (χ4n) is 3.00. The molecule has 3 rings (SSSR count). The van der Waals surface area contributed by atoms with Crippen molar-refractivity contribution in [1.29, 1.82) is 0 Å². The number of hydrogen-bond acceptors (Lipinski definition) is 4. The lowest BCUT2D eigenvalue weighted by atomic mass is 10.2. The second kappa shape index (κ2) is 9.78. The van der Waals surface area contributed by atoms with Crippen LogP contribution in [0.3, 0.4) is 0 Å². The average molecular weight is 382 g/mol. The topological polar surface area (TPSA) is 67.9 Å². The van der Waals surface area contributed by atoms with E-state index >= 15 is 0 Å². The largest absolute Gasteiger partial charge is 0.494 e. The summed E-state index contributed by atoms with van der Waals surface area (Å²) in [6.45, 7) is 4.27. The number of likely N-dealkylation sites (tertiary alicyclic amines) is 1. The van der Waals surface area contributed by atoms with E-state index in [0.29, 0.717) is 23.6 Å². The standard InChI is InChI=1S/C22H26N2O4/c1-2-15-27-19-9-11-20(12-10-19)28-16-21(25)23-18-7-5-17(6-8-18)22(26)24-13-3-4-14-24/h5-12H,2-4,13-16H2,1H3,(H,23,25). The highest BCUT2D eigenvalue weighted by Crippen LogP contribution is 2.18. The van der Waals surface area contributed by atoms with Gasteiger partial charge in [-0.3, -0.25) is 9.59 Å². The van der Waals surface area contributed by atoms with Gasteiger partial charge in [0.15, 0.2) is 6.61 Å². The van der Waals surface area contributed by atoms with Crippen molar-refractivity contribution < 1.29 is 19.1 Å². The molecule has 6 nitrogen and oxygen atoms in total. The minimum Gasteiger partial charge on any atom is -0.494 e. The minimum atomic E-state index is -0.259. The summed E-state index contributed by atoms with van der Waals surface area (Å²) >= 11 is 0. The van der Waals surface area contributed by atoms with Gasteiger partial charge in [0.2, 0.25) is 0 Å². The van der Waals surface area contributed by atoms with Gasteiger partial charge in [-0.25, -0.2) is 0 Å². The van der Waals surface area contributed by atoms with Crippen LogP contribution in [-0.4, -0.2) is 43.0 Å². The smallest absolute Gasteiger partial charge is 0.262 e. The van der Waals surface area contributed by atoms with Crippen molar-refractivity contribution in [3.05, 3.63) is 54.1 Å². The Morgan fingerprint density at radius 2 is 1.54 bits per heavy atom. The summed E-state index contributed by atoms with van der Waals surface area (Å²) in [5.41, 5.74) is 1.27. The van der Waals surface area contributed by atoms with E-state index in [1.165, 1.54) is 0 Å². The third-order valence-corrected chi connectivity index (χ3v) is 4.48. The van der Waals surface area contributed by atoms with Crippen molar-refractivity contribution in [3.63, 3.8) is 0 Å². The molecule has 1 heterocycles. The number of benzene rings is 2. The molecule has 2 aromatic carbocycles. The van der Waals surface area contributed by atoms with Gasteiger partial charge >= 0.3 is 0 Å². The van der Waals surface area contributed by atoms with Crippen LogP contribution in [0.2, 0.25) is 0 Å². The highest BCUT2D eigenvalue weighted by atomic mass is 16.5. The summed E-state index contributed by atoms with van der Waals surface area (Å²) in [7, 11) is 0. The Labute approximate surface area is 165 Å². The van der Waals surface area contributed by atoms with Gasteiger partial charge in [0.25, 0.3) is 11.8 Å². The lowest BCUT2D eigenvalue weighted by Gasteiger charge is -2.15. The maximum absolute atomic E-state index is 12.3. The molecule has 2 aromatic rings. The van der Waals surface area contributed by atoms with Crippen molar-refractivity contribution in [1.82, 2.24) is 4.90 Å². The van der Waals surface area contributed by atoms with Gasteiger partial charge in [-0.2, -0.15) is 0 Å². The van der Waals surface area contributed by atoms with E-state index in [4.69, 9.17) is 9.47 Å². The van der Waals surface area contributed by atoms with E-state index < -0.39 is 0 Å². The van der Waals surface area contributed by atoms with Crippen molar-refractivity contribution in [2.45, 2.75) is 26.2 Å². The lowest BCUT2D eigenvalue weighted by Crippen LogP contribution is -2.27. The zero-order valence-electron chi connectivity index (χ0n) is 16.1. The fraction of sp³-hybridized carbons (Fsp3) is 0.364. The predicted octanol–water partition coefficient (Wildman–Crippen LogP) is 3.73. The predicted molar refractivity (Wildman–Crippen MR) is 108 cm³/mol. The summed E-state index contributed by atoms with van der Waals surface area (Å²) in [6, 6.07) is 14.1. The molecule has 0 bridgehead atoms. The van der Waals surface area contributed by atoms with Crippen molar-refractivity contribution in [2.75, 3.05) is 31.6 Å². The van der Waals surface area contributed by atoms with Gasteiger partial charge in [-0.15, -0.1) is 0 Å². The Morgan fingerprint density at radius 3 is 2.14 bits per heavy atom. The molecule has 6 heteroatoms. The Bertz CT molecular complexity index is 781. The number of anilines is 1. The van der Waals surface area contributed by atoms with Crippen LogP contribution in [0.15, 0.2) is 48.5 Å². The summed E-state index contributed by atoms with van der Waals surface area (Å²) in [5.74, 6) is 1.17. The van der Waals surface area contributed by atoms with Crippen LogP contribution in [0.5, 0.6) is 11.5 Å². The molecule has 0 aliphatic carbocycles. The van der Waals surface area contributed by atoms with Gasteiger partial charge in [-0.1, -0.05) is 6.92 Å². The maximum Gasteiger partial charge on any atom is 0.262 e. The van der Waals surface area contributed by atoms with E-state index in [1.807, 2.05) is 17.0 Å². The molecule has 0 unspecified atom stereocenters. The highest BCUT2D eigenvalue weighted by molar-refractivity contribution is 5.96. The SMILES string of the molecule is CCCOc1ccc(OCC(=O)Nc2ccc(C(=O)N3CCCC3)cc2)cc1. The van der Waals surface area contributed by atoms with E-state index in [1.54, 1.807) is 36.4 Å². The number of amides is 2. The van der Waals surface area contributed by atoms with E-state index in [9.17, 15) is 9.59 Å². The zero-order valence-corrected chi connectivity index (χ0v) is 16.1. The Hall–Kier alpha value is -3.02.